The van der Waals surface area contributed by atoms with Crippen molar-refractivity contribution in [2.45, 2.75) is 17.4 Å². The number of anilines is 1. The molecule has 2 heterocycles. The highest BCUT2D eigenvalue weighted by atomic mass is 32.2. The first kappa shape index (κ1) is 23.7. The molecule has 0 radical (unpaired) electrons. The van der Waals surface area contributed by atoms with Crippen molar-refractivity contribution in [1.29, 1.82) is 0 Å². The molecule has 2 aromatic rings. The number of carbonyl (C=O) groups excluding carboxylic acids is 1. The van der Waals surface area contributed by atoms with Gasteiger partial charge in [-0.2, -0.15) is 4.31 Å². The van der Waals surface area contributed by atoms with Gasteiger partial charge in [0.1, 0.15) is 5.75 Å². The van der Waals surface area contributed by atoms with E-state index in [2.05, 4.69) is 0 Å². The van der Waals surface area contributed by atoms with Crippen LogP contribution in [0.2, 0.25) is 0 Å². The number of carbonyl (C=O) groups is 1. The Morgan fingerprint density at radius 3 is 2.33 bits per heavy atom. The van der Waals surface area contributed by atoms with Crippen LogP contribution in [0.3, 0.4) is 0 Å². The first-order valence-corrected chi connectivity index (χ1v) is 13.9. The Labute approximate surface area is 193 Å². The first-order chi connectivity index (χ1) is 15.8. The lowest BCUT2D eigenvalue weighted by atomic mass is 10.2. The Hall–Kier alpha value is -2.47. The summed E-state index contributed by atoms with van der Waals surface area (Å²) in [6, 6.07) is 14.4. The summed E-state index contributed by atoms with van der Waals surface area (Å²) >= 11 is 0. The summed E-state index contributed by atoms with van der Waals surface area (Å²) in [6.45, 7) is 1.04. The highest BCUT2D eigenvalue weighted by Gasteiger charge is 2.35. The smallest absolute Gasteiger partial charge is 0.265 e. The molecule has 2 aliphatic heterocycles. The predicted molar refractivity (Wildman–Crippen MR) is 123 cm³/mol. The third kappa shape index (κ3) is 5.55. The monoisotopic (exact) mass is 494 g/mol. The molecule has 0 saturated carbocycles. The molecule has 2 saturated heterocycles. The van der Waals surface area contributed by atoms with Crippen LogP contribution >= 0.6 is 0 Å². The van der Waals surface area contributed by atoms with E-state index in [0.29, 0.717) is 44.2 Å². The van der Waals surface area contributed by atoms with E-state index >= 15 is 0 Å². The Kier molecular flexibility index (Phi) is 7.03. The summed E-state index contributed by atoms with van der Waals surface area (Å²) in [5.41, 5.74) is 0.611. The number of benzene rings is 2. The highest BCUT2D eigenvalue weighted by molar-refractivity contribution is 7.91. The number of sulfonamides is 1. The zero-order chi connectivity index (χ0) is 23.5. The maximum absolute atomic E-state index is 13.0. The Morgan fingerprint density at radius 1 is 1.06 bits per heavy atom. The minimum Gasteiger partial charge on any atom is -0.484 e. The van der Waals surface area contributed by atoms with Gasteiger partial charge in [0.2, 0.25) is 10.0 Å². The number of morpholine rings is 1. The molecule has 0 bridgehead atoms. The lowest BCUT2D eigenvalue weighted by Gasteiger charge is -2.28. The van der Waals surface area contributed by atoms with Crippen LogP contribution in [-0.2, 0) is 29.4 Å². The van der Waals surface area contributed by atoms with E-state index in [4.69, 9.17) is 9.47 Å². The largest absolute Gasteiger partial charge is 0.484 e. The molecule has 1 atom stereocenters. The molecule has 0 aromatic heterocycles. The molecule has 0 aliphatic carbocycles. The second kappa shape index (κ2) is 9.80. The minimum absolute atomic E-state index is 0.0498. The van der Waals surface area contributed by atoms with Crippen LogP contribution in [0.5, 0.6) is 5.75 Å². The van der Waals surface area contributed by atoms with Gasteiger partial charge in [-0.1, -0.05) is 18.2 Å². The summed E-state index contributed by atoms with van der Waals surface area (Å²) in [7, 11) is -6.80. The van der Waals surface area contributed by atoms with Crippen LogP contribution in [0.25, 0.3) is 0 Å². The van der Waals surface area contributed by atoms with E-state index in [0.717, 1.165) is 0 Å². The number of hydrogen-bond acceptors (Lipinski definition) is 7. The van der Waals surface area contributed by atoms with Crippen molar-refractivity contribution in [3.05, 3.63) is 54.6 Å². The van der Waals surface area contributed by atoms with Gasteiger partial charge in [-0.05, 0) is 42.8 Å². The van der Waals surface area contributed by atoms with Gasteiger partial charge in [-0.15, -0.1) is 0 Å². The van der Waals surface area contributed by atoms with Crippen molar-refractivity contribution in [2.24, 2.45) is 0 Å². The molecule has 1 unspecified atom stereocenters. The molecule has 9 nitrogen and oxygen atoms in total. The number of sulfone groups is 1. The van der Waals surface area contributed by atoms with Gasteiger partial charge in [0, 0.05) is 18.8 Å². The molecule has 33 heavy (non-hydrogen) atoms. The Bertz CT molecular complexity index is 1180. The lowest BCUT2D eigenvalue weighted by Crippen LogP contribution is -2.43. The van der Waals surface area contributed by atoms with Gasteiger partial charge in [-0.3, -0.25) is 4.79 Å². The van der Waals surface area contributed by atoms with Gasteiger partial charge in [0.15, 0.2) is 16.4 Å². The van der Waals surface area contributed by atoms with Crippen molar-refractivity contribution < 1.29 is 31.1 Å². The quantitative estimate of drug-likeness (QED) is 0.571. The third-order valence-corrected chi connectivity index (χ3v) is 9.33. The Morgan fingerprint density at radius 2 is 1.73 bits per heavy atom. The second-order valence-corrected chi connectivity index (χ2v) is 12.1. The predicted octanol–water partition coefficient (Wildman–Crippen LogP) is 1.31. The topological polar surface area (TPSA) is 110 Å². The van der Waals surface area contributed by atoms with Crippen molar-refractivity contribution in [1.82, 2.24) is 4.31 Å². The van der Waals surface area contributed by atoms with Crippen LogP contribution in [0, 0.1) is 0 Å². The van der Waals surface area contributed by atoms with Gasteiger partial charge < -0.3 is 14.4 Å². The van der Waals surface area contributed by atoms with E-state index in [1.807, 2.05) is 6.07 Å². The SMILES string of the molecule is O=C(COc1ccc(S(=O)(=O)N2CCOCC2)cc1)N(c1ccccc1)C1CCS(=O)(=O)C1. The molecule has 0 spiro atoms. The zero-order valence-electron chi connectivity index (χ0n) is 18.0. The molecular weight excluding hydrogens is 468 g/mol. The fourth-order valence-corrected chi connectivity index (χ4v) is 7.09. The van der Waals surface area contributed by atoms with Crippen LogP contribution in [0.1, 0.15) is 6.42 Å². The second-order valence-electron chi connectivity index (χ2n) is 7.93. The average Bonchev–Trinajstić information content (AvgIpc) is 3.18. The van der Waals surface area contributed by atoms with Crippen molar-refractivity contribution in [3.63, 3.8) is 0 Å². The normalized spacial score (nSPS) is 20.9. The zero-order valence-corrected chi connectivity index (χ0v) is 19.6. The average molecular weight is 495 g/mol. The van der Waals surface area contributed by atoms with E-state index in [1.165, 1.54) is 33.5 Å². The molecule has 1 amide bonds. The summed E-state index contributed by atoms with van der Waals surface area (Å²) in [5.74, 6) is -0.0553. The molecule has 4 rings (SSSR count). The lowest BCUT2D eigenvalue weighted by molar-refractivity contribution is -0.121. The van der Waals surface area contributed by atoms with Crippen LogP contribution in [0.15, 0.2) is 59.5 Å². The van der Waals surface area contributed by atoms with Crippen LogP contribution in [0.4, 0.5) is 5.69 Å². The van der Waals surface area contributed by atoms with E-state index < -0.39 is 25.9 Å². The minimum atomic E-state index is -3.62. The number of hydrogen-bond donors (Lipinski definition) is 0. The number of amides is 1. The first-order valence-electron chi connectivity index (χ1n) is 10.6. The fourth-order valence-electron chi connectivity index (χ4n) is 3.98. The molecule has 2 aliphatic rings. The van der Waals surface area contributed by atoms with Crippen LogP contribution < -0.4 is 9.64 Å². The summed E-state index contributed by atoms with van der Waals surface area (Å²) in [4.78, 5) is 14.7. The maximum atomic E-state index is 13.0. The standard InChI is InChI=1S/C22H26N2O7S2/c25-22(24(18-4-2-1-3-5-18)19-10-15-32(26,27)17-19)16-31-20-6-8-21(9-7-20)33(28,29)23-11-13-30-14-12-23/h1-9,19H,10-17H2. The molecule has 2 fully saturated rings. The van der Waals surface area contributed by atoms with Crippen molar-refractivity contribution >= 4 is 31.5 Å². The third-order valence-electron chi connectivity index (χ3n) is 5.67. The number of ether oxygens (including phenoxy) is 2. The molecule has 178 valence electrons. The maximum Gasteiger partial charge on any atom is 0.265 e. The number of rotatable bonds is 7. The Balaban J connectivity index is 1.44. The van der Waals surface area contributed by atoms with Crippen LogP contribution in [-0.4, -0.2) is 77.5 Å². The summed E-state index contributed by atoms with van der Waals surface area (Å²) in [5, 5.41) is 0. The highest BCUT2D eigenvalue weighted by Crippen LogP contribution is 2.25. The van der Waals surface area contributed by atoms with Gasteiger partial charge in [0.05, 0.1) is 35.7 Å². The molecule has 2 aromatic carbocycles. The summed E-state index contributed by atoms with van der Waals surface area (Å²) in [6.07, 6.45) is 0.372. The van der Waals surface area contributed by atoms with Gasteiger partial charge >= 0.3 is 0 Å². The van der Waals surface area contributed by atoms with E-state index in [-0.39, 0.29) is 28.9 Å². The molecule has 11 heteroatoms. The number of para-hydroxylation sites is 1. The fraction of sp³-hybridized carbons (Fsp3) is 0.409. The summed E-state index contributed by atoms with van der Waals surface area (Å²) < 4.78 is 61.6. The van der Waals surface area contributed by atoms with Crippen molar-refractivity contribution in [3.8, 4) is 5.75 Å². The molecule has 0 N–H and O–H groups in total. The van der Waals surface area contributed by atoms with E-state index in [1.54, 1.807) is 24.3 Å². The number of nitrogens with zero attached hydrogens (tertiary/aromatic N) is 2. The van der Waals surface area contributed by atoms with Gasteiger partial charge in [-0.25, -0.2) is 16.8 Å². The van der Waals surface area contributed by atoms with E-state index in [9.17, 15) is 21.6 Å². The van der Waals surface area contributed by atoms with Crippen molar-refractivity contribution in [2.75, 3.05) is 49.3 Å². The molecular formula is C22H26N2O7S2. The van der Waals surface area contributed by atoms with Gasteiger partial charge in [0.25, 0.3) is 5.91 Å².